The smallest absolute Gasteiger partial charge is 0.357 e. The summed E-state index contributed by atoms with van der Waals surface area (Å²) >= 11 is 0. The van der Waals surface area contributed by atoms with Crippen LogP contribution >= 0.6 is 0 Å². The second kappa shape index (κ2) is 10.4. The van der Waals surface area contributed by atoms with Crippen molar-refractivity contribution < 1.29 is 18.0 Å². The van der Waals surface area contributed by atoms with Crippen molar-refractivity contribution in [3.63, 3.8) is 0 Å². The van der Waals surface area contributed by atoms with Crippen molar-refractivity contribution in [2.24, 2.45) is 5.92 Å². The van der Waals surface area contributed by atoms with Crippen LogP contribution in [0.25, 0.3) is 0 Å². The van der Waals surface area contributed by atoms with Gasteiger partial charge in [0.2, 0.25) is 23.8 Å². The van der Waals surface area contributed by atoms with Gasteiger partial charge in [0.05, 0.1) is 5.56 Å². The van der Waals surface area contributed by atoms with E-state index in [-0.39, 0.29) is 30.0 Å². The van der Waals surface area contributed by atoms with Crippen molar-refractivity contribution in [2.45, 2.75) is 57.3 Å². The lowest BCUT2D eigenvalue weighted by Crippen LogP contribution is -2.36. The molecule has 1 saturated heterocycles. The molecule has 1 aliphatic heterocycles. The Morgan fingerprint density at radius 2 is 1.71 bits per heavy atom. The van der Waals surface area contributed by atoms with E-state index in [2.05, 4.69) is 35.8 Å². The summed E-state index contributed by atoms with van der Waals surface area (Å²) in [5.74, 6) is 1.25. The summed E-state index contributed by atoms with van der Waals surface area (Å²) in [6.07, 6.45) is 0.588. The Bertz CT molecular complexity index is 987. The van der Waals surface area contributed by atoms with E-state index in [0.717, 1.165) is 44.8 Å². The molecule has 3 N–H and O–H groups in total. The van der Waals surface area contributed by atoms with Gasteiger partial charge in [-0.1, -0.05) is 18.2 Å². The minimum Gasteiger partial charge on any atom is -0.357 e. The topological polar surface area (TPSA) is 95.1 Å². The Balaban J connectivity index is 1.30. The van der Waals surface area contributed by atoms with Crippen molar-refractivity contribution >= 4 is 23.8 Å². The van der Waals surface area contributed by atoms with E-state index in [1.807, 2.05) is 0 Å². The minimum atomic E-state index is -4.44. The number of amides is 1. The number of hydrogen-bond donors (Lipinski definition) is 3. The number of nitrogens with one attached hydrogen (secondary N) is 3. The number of hydrogen-bond acceptors (Lipinski definition) is 7. The Kier molecular flexibility index (Phi) is 7.38. The Morgan fingerprint density at radius 1 is 1.03 bits per heavy atom. The number of halogens is 3. The molecular formula is C23H30F3N7O. The summed E-state index contributed by atoms with van der Waals surface area (Å²) < 4.78 is 39.5. The summed E-state index contributed by atoms with van der Waals surface area (Å²) in [4.78, 5) is 28.2. The van der Waals surface area contributed by atoms with Crippen LogP contribution in [0, 0.1) is 5.92 Å². The van der Waals surface area contributed by atoms with Crippen molar-refractivity contribution in [1.82, 2.24) is 20.3 Å². The molecule has 1 aliphatic carbocycles. The molecule has 2 heterocycles. The second-order valence-electron chi connectivity index (χ2n) is 8.79. The molecule has 2 aliphatic rings. The number of nitrogens with zero attached hydrogens (tertiary/aromatic N) is 4. The standard InChI is InChI=1S/C23H30F3N7O/c1-27-20-30-21(32-22(31-20)33-12-4-5-13-33)29-17-10-8-15(9-11-17)19(34)28-14-16-6-2-3-7-18(16)23(24,25)26/h2-3,6-7,15,17H,4-5,8-14H2,1H3,(H,28,34)(H2,27,29,30,31,32). The second-order valence-corrected chi connectivity index (χ2v) is 8.79. The third-order valence-corrected chi connectivity index (χ3v) is 6.44. The van der Waals surface area contributed by atoms with E-state index in [1.165, 1.54) is 12.1 Å². The number of alkyl halides is 3. The maximum Gasteiger partial charge on any atom is 0.416 e. The van der Waals surface area contributed by atoms with Crippen molar-refractivity contribution in [2.75, 3.05) is 35.7 Å². The van der Waals surface area contributed by atoms with Crippen LogP contribution < -0.4 is 20.9 Å². The monoisotopic (exact) mass is 477 g/mol. The Labute approximate surface area is 196 Å². The summed E-state index contributed by atoms with van der Waals surface area (Å²) in [6, 6.07) is 5.45. The van der Waals surface area contributed by atoms with E-state index < -0.39 is 11.7 Å². The zero-order chi connectivity index (χ0) is 24.1. The van der Waals surface area contributed by atoms with Gasteiger partial charge >= 0.3 is 6.18 Å². The first-order valence-electron chi connectivity index (χ1n) is 11.7. The molecule has 1 amide bonds. The molecule has 8 nitrogen and oxygen atoms in total. The predicted molar refractivity (Wildman–Crippen MR) is 123 cm³/mol. The number of carbonyl (C=O) groups excluding carboxylic acids is 1. The fraction of sp³-hybridized carbons (Fsp3) is 0.565. The lowest BCUT2D eigenvalue weighted by Gasteiger charge is -2.29. The third kappa shape index (κ3) is 5.87. The molecular weight excluding hydrogens is 447 g/mol. The minimum absolute atomic E-state index is 0.0719. The molecule has 1 saturated carbocycles. The molecule has 0 radical (unpaired) electrons. The molecule has 0 unspecified atom stereocenters. The maximum atomic E-state index is 13.2. The average molecular weight is 478 g/mol. The van der Waals surface area contributed by atoms with Crippen LogP contribution in [0.3, 0.4) is 0 Å². The summed E-state index contributed by atoms with van der Waals surface area (Å²) in [6.45, 7) is 1.73. The first-order valence-corrected chi connectivity index (χ1v) is 11.7. The van der Waals surface area contributed by atoms with E-state index in [1.54, 1.807) is 13.1 Å². The van der Waals surface area contributed by atoms with E-state index in [9.17, 15) is 18.0 Å². The largest absolute Gasteiger partial charge is 0.416 e. The molecule has 0 atom stereocenters. The van der Waals surface area contributed by atoms with Gasteiger partial charge in [0.1, 0.15) is 0 Å². The molecule has 2 aromatic rings. The van der Waals surface area contributed by atoms with Gasteiger partial charge in [0.15, 0.2) is 0 Å². The van der Waals surface area contributed by atoms with E-state index in [4.69, 9.17) is 0 Å². The molecule has 2 fully saturated rings. The van der Waals surface area contributed by atoms with Crippen molar-refractivity contribution in [3.8, 4) is 0 Å². The molecule has 1 aromatic heterocycles. The van der Waals surface area contributed by atoms with Gasteiger partial charge in [-0.15, -0.1) is 0 Å². The van der Waals surface area contributed by atoms with Crippen LogP contribution in [0.1, 0.15) is 49.7 Å². The maximum absolute atomic E-state index is 13.2. The lowest BCUT2D eigenvalue weighted by atomic mass is 9.85. The number of rotatable bonds is 7. The molecule has 11 heteroatoms. The van der Waals surface area contributed by atoms with E-state index >= 15 is 0 Å². The van der Waals surface area contributed by atoms with Crippen LogP contribution in [-0.2, 0) is 17.5 Å². The number of carbonyl (C=O) groups is 1. The van der Waals surface area contributed by atoms with Crippen LogP contribution in [-0.4, -0.2) is 47.0 Å². The Morgan fingerprint density at radius 3 is 2.38 bits per heavy atom. The average Bonchev–Trinajstić information content (AvgIpc) is 3.37. The first-order chi connectivity index (χ1) is 16.3. The third-order valence-electron chi connectivity index (χ3n) is 6.44. The quantitative estimate of drug-likeness (QED) is 0.558. The summed E-state index contributed by atoms with van der Waals surface area (Å²) in [5.41, 5.74) is -0.641. The van der Waals surface area contributed by atoms with Gasteiger partial charge in [-0.2, -0.15) is 28.1 Å². The van der Waals surface area contributed by atoms with Gasteiger partial charge in [-0.3, -0.25) is 4.79 Å². The highest BCUT2D eigenvalue weighted by Crippen LogP contribution is 2.32. The molecule has 4 rings (SSSR count). The molecule has 184 valence electrons. The summed E-state index contributed by atoms with van der Waals surface area (Å²) in [7, 11) is 1.77. The first kappa shape index (κ1) is 24.0. The fourth-order valence-electron chi connectivity index (χ4n) is 4.56. The highest BCUT2D eigenvalue weighted by molar-refractivity contribution is 5.78. The van der Waals surface area contributed by atoms with Gasteiger partial charge in [0.25, 0.3) is 0 Å². The highest BCUT2D eigenvalue weighted by Gasteiger charge is 2.33. The zero-order valence-electron chi connectivity index (χ0n) is 19.2. The SMILES string of the molecule is CNc1nc(NC2CCC(C(=O)NCc3ccccc3C(F)(F)F)CC2)nc(N2CCCC2)n1. The summed E-state index contributed by atoms with van der Waals surface area (Å²) in [5, 5.41) is 9.05. The van der Waals surface area contributed by atoms with Gasteiger partial charge in [-0.25, -0.2) is 0 Å². The van der Waals surface area contributed by atoms with Crippen LogP contribution in [0.15, 0.2) is 24.3 Å². The number of benzene rings is 1. The van der Waals surface area contributed by atoms with Gasteiger partial charge in [-0.05, 0) is 50.2 Å². The number of anilines is 3. The zero-order valence-corrected chi connectivity index (χ0v) is 19.2. The molecule has 0 bridgehead atoms. The fourth-order valence-corrected chi connectivity index (χ4v) is 4.56. The van der Waals surface area contributed by atoms with Gasteiger partial charge in [0, 0.05) is 38.6 Å². The van der Waals surface area contributed by atoms with Crippen LogP contribution in [0.5, 0.6) is 0 Å². The lowest BCUT2D eigenvalue weighted by molar-refractivity contribution is -0.138. The highest BCUT2D eigenvalue weighted by atomic mass is 19.4. The van der Waals surface area contributed by atoms with Crippen LogP contribution in [0.4, 0.5) is 31.0 Å². The molecule has 34 heavy (non-hydrogen) atoms. The van der Waals surface area contributed by atoms with E-state index in [0.29, 0.717) is 30.7 Å². The molecule has 1 aromatic carbocycles. The van der Waals surface area contributed by atoms with Crippen LogP contribution in [0.2, 0.25) is 0 Å². The number of aromatic nitrogens is 3. The Hall–Kier alpha value is -3.11. The van der Waals surface area contributed by atoms with Crippen molar-refractivity contribution in [1.29, 1.82) is 0 Å². The van der Waals surface area contributed by atoms with Crippen molar-refractivity contribution in [3.05, 3.63) is 35.4 Å². The van der Waals surface area contributed by atoms with Gasteiger partial charge < -0.3 is 20.9 Å². The normalized spacial score (nSPS) is 20.8. The molecule has 0 spiro atoms. The predicted octanol–water partition coefficient (Wildman–Crippen LogP) is 3.82.